The van der Waals surface area contributed by atoms with Gasteiger partial charge < -0.3 is 69.2 Å². The van der Waals surface area contributed by atoms with E-state index in [-0.39, 0.29) is 73.2 Å². The first kappa shape index (κ1) is 89.3. The predicted octanol–water partition coefficient (Wildman–Crippen LogP) is 17.7. The van der Waals surface area contributed by atoms with E-state index in [1.165, 1.54) is 70.6 Å². The van der Waals surface area contributed by atoms with Crippen molar-refractivity contribution in [2.45, 2.75) is 309 Å². The molecule has 0 aromatic heterocycles. The summed E-state index contributed by atoms with van der Waals surface area (Å²) in [5.74, 6) is 8.64. The van der Waals surface area contributed by atoms with Crippen LogP contribution in [0.25, 0.3) is 0 Å². The van der Waals surface area contributed by atoms with E-state index in [0.717, 1.165) is 83.8 Å². The third-order valence-corrected chi connectivity index (χ3v) is 21.1. The van der Waals surface area contributed by atoms with Crippen LogP contribution in [-0.2, 0) is 42.6 Å². The average molecular weight is 1380 g/mol. The van der Waals surface area contributed by atoms with E-state index in [1.807, 2.05) is 13.8 Å². The fourth-order valence-corrected chi connectivity index (χ4v) is 15.0. The van der Waals surface area contributed by atoms with Crippen LogP contribution < -0.4 is 26.6 Å². The highest BCUT2D eigenvalue weighted by Crippen LogP contribution is 2.40. The minimum absolute atomic E-state index is 0.0660. The average Bonchev–Trinajstić information content (AvgIpc) is 1.07. The first-order chi connectivity index (χ1) is 46.1. The first-order valence-corrected chi connectivity index (χ1v) is 39.0. The van der Waals surface area contributed by atoms with Crippen LogP contribution >= 0.6 is 0 Å². The normalized spacial score (nSPS) is 28.6. The van der Waals surface area contributed by atoms with Gasteiger partial charge in [0.2, 0.25) is 0 Å². The molecule has 6 aliphatic rings. The molecule has 6 rings (SSSR count). The summed E-state index contributed by atoms with van der Waals surface area (Å²) < 4.78 is 48.9. The van der Waals surface area contributed by atoms with Crippen LogP contribution in [0, 0.1) is 88.8 Å². The highest BCUT2D eigenvalue weighted by Gasteiger charge is 2.38. The van der Waals surface area contributed by atoms with Crippen LogP contribution in [-0.4, -0.2) is 147 Å². The molecule has 0 bridgehead atoms. The Kier molecular flexibility index (Phi) is 47.3. The van der Waals surface area contributed by atoms with Gasteiger partial charge in [-0.3, -0.25) is 0 Å². The Morgan fingerprint density at radius 2 is 0.670 bits per heavy atom. The maximum absolute atomic E-state index is 12.0. The molecule has 19 heteroatoms. The van der Waals surface area contributed by atoms with Crippen molar-refractivity contribution in [3.05, 3.63) is 0 Å². The molecule has 1 aliphatic heterocycles. The highest BCUT2D eigenvalue weighted by atomic mass is 16.6. The minimum Gasteiger partial charge on any atom is -0.446 e. The van der Waals surface area contributed by atoms with E-state index in [4.69, 9.17) is 42.6 Å². The lowest BCUT2D eigenvalue weighted by atomic mass is 9.75. The van der Waals surface area contributed by atoms with Gasteiger partial charge >= 0.3 is 30.5 Å². The molecule has 97 heavy (non-hydrogen) atoms. The second kappa shape index (κ2) is 51.3. The molecular formula is C78H149N5O14. The topological polar surface area (TPSA) is 229 Å². The van der Waals surface area contributed by atoms with Crippen LogP contribution in [0.5, 0.6) is 0 Å². The van der Waals surface area contributed by atoms with Crippen molar-refractivity contribution >= 4 is 30.5 Å². The van der Waals surface area contributed by atoms with Gasteiger partial charge in [-0.1, -0.05) is 162 Å². The molecule has 0 aromatic carbocycles. The Bertz CT molecular complexity index is 2010. The maximum Gasteiger partial charge on any atom is 0.407 e. The van der Waals surface area contributed by atoms with Crippen molar-refractivity contribution in [1.82, 2.24) is 26.6 Å². The number of hydrogen-bond acceptors (Lipinski definition) is 14. The first-order valence-electron chi connectivity index (χ1n) is 39.0. The summed E-state index contributed by atoms with van der Waals surface area (Å²) in [6.45, 7) is 45.1. The molecule has 1 heterocycles. The van der Waals surface area contributed by atoms with Crippen molar-refractivity contribution in [3.63, 3.8) is 0 Å². The Labute approximate surface area is 591 Å². The molecule has 1 saturated heterocycles. The number of unbranched alkanes of at least 4 members (excludes halogenated alkanes) is 3. The molecule has 19 nitrogen and oxygen atoms in total. The number of rotatable bonds is 28. The SMILES string of the molecule is CC(C)[C@H]1CC[C@H](C)C[C@@H]1OC(=O)NCC1CCCO1.CC1CCC(C(C)C)C(OC(=O)NCCCOC(C)C)C1.CCCCCCNC(=O)OC1CC(C)CCC1C(C)C.COCCNC(=O)O[C@@H]1C[C@H](C)CC[C@H]1C(C)C.COCCNC(=O)O[C@H]1C[C@@H](C)CC[C@@H]1C(C)C. The van der Waals surface area contributed by atoms with E-state index < -0.39 is 0 Å². The van der Waals surface area contributed by atoms with Crippen LogP contribution in [0.3, 0.4) is 0 Å². The quantitative estimate of drug-likeness (QED) is 0.0363. The maximum atomic E-state index is 12.0. The molecule has 5 amide bonds. The number of methoxy groups -OCH3 is 2. The van der Waals surface area contributed by atoms with Crippen molar-refractivity contribution in [3.8, 4) is 0 Å². The van der Waals surface area contributed by atoms with Gasteiger partial charge in [0.15, 0.2) is 0 Å². The molecule has 16 atom stereocenters. The Balaban J connectivity index is 0.000000413. The lowest BCUT2D eigenvalue weighted by Crippen LogP contribution is -2.40. The largest absolute Gasteiger partial charge is 0.446 e. The number of carbonyl (C=O) groups excluding carboxylic acids is 5. The predicted molar refractivity (Wildman–Crippen MR) is 391 cm³/mol. The molecule has 0 radical (unpaired) electrons. The van der Waals surface area contributed by atoms with Crippen LogP contribution in [0.4, 0.5) is 24.0 Å². The summed E-state index contributed by atoms with van der Waals surface area (Å²) in [5.41, 5.74) is 0. The fourth-order valence-electron chi connectivity index (χ4n) is 15.0. The van der Waals surface area contributed by atoms with Gasteiger partial charge in [0.05, 0.1) is 25.4 Å². The van der Waals surface area contributed by atoms with Gasteiger partial charge in [0.25, 0.3) is 0 Å². The van der Waals surface area contributed by atoms with Gasteiger partial charge in [0.1, 0.15) is 30.5 Å². The number of hydrogen-bond donors (Lipinski definition) is 5. The third kappa shape index (κ3) is 39.3. The third-order valence-electron chi connectivity index (χ3n) is 21.1. The highest BCUT2D eigenvalue weighted by molar-refractivity contribution is 5.69. The van der Waals surface area contributed by atoms with Gasteiger partial charge in [-0.25, -0.2) is 24.0 Å². The Morgan fingerprint density at radius 3 is 0.938 bits per heavy atom. The number of nitrogens with one attached hydrogen (secondary N) is 5. The van der Waals surface area contributed by atoms with Gasteiger partial charge in [-0.2, -0.15) is 0 Å². The molecule has 5 N–H and O–H groups in total. The number of ether oxygens (including phenoxy) is 9. The van der Waals surface area contributed by atoms with Gasteiger partial charge in [-0.05, 0) is 193 Å². The lowest BCUT2D eigenvalue weighted by Gasteiger charge is -2.36. The summed E-state index contributed by atoms with van der Waals surface area (Å²) in [7, 11) is 3.23. The Morgan fingerprint density at radius 1 is 0.371 bits per heavy atom. The van der Waals surface area contributed by atoms with E-state index in [9.17, 15) is 24.0 Å². The van der Waals surface area contributed by atoms with Crippen molar-refractivity contribution in [2.75, 3.05) is 73.4 Å². The fraction of sp³-hybridized carbons (Fsp3) is 0.936. The molecular weight excluding hydrogens is 1230 g/mol. The zero-order valence-electron chi connectivity index (χ0n) is 65.3. The molecule has 6 fully saturated rings. The molecule has 0 aromatic rings. The molecule has 570 valence electrons. The molecule has 7 unspecified atom stereocenters. The van der Waals surface area contributed by atoms with Gasteiger partial charge in [-0.15, -0.1) is 0 Å². The number of carbonyl (C=O) groups is 5. The standard InChI is InChI=1S/C17H33NO3.C17H33NO2.C16H29NO3.2C14H27NO3/c1-12(2)15-8-7-14(5)11-16(15)21-17(19)18-9-6-10-20-13(3)4;1-5-6-7-8-11-18-17(19)20-16-12-14(4)9-10-15(16)13(2)3;1-11(2)14-7-6-12(3)9-15(14)20-16(18)17-10-13-5-4-8-19-13;2*1-10(2)12-6-5-11(3)9-13(12)18-14(16)15-7-8-17-4/h12-16H,6-11H2,1-5H3,(H,18,19);13-16H,5-12H2,1-4H3,(H,18,19);11-15H,4-10H2,1-3H3,(H,17,18);2*10-13H,5-9H2,1-4H3,(H,15,16)/t;;12-,13?,14+,15-;2*11-,12+,13-/m..010/s1. The zero-order chi connectivity index (χ0) is 72.4. The van der Waals surface area contributed by atoms with Crippen molar-refractivity contribution in [1.29, 1.82) is 0 Å². The van der Waals surface area contributed by atoms with E-state index >= 15 is 0 Å². The summed E-state index contributed by atoms with van der Waals surface area (Å²) in [6.07, 6.45) is 24.2. The smallest absolute Gasteiger partial charge is 0.407 e. The van der Waals surface area contributed by atoms with Gasteiger partial charge in [0, 0.05) is 60.2 Å². The molecule has 5 aliphatic carbocycles. The lowest BCUT2D eigenvalue weighted by molar-refractivity contribution is 0.00401. The summed E-state index contributed by atoms with van der Waals surface area (Å²) in [5, 5.41) is 14.0. The van der Waals surface area contributed by atoms with Crippen molar-refractivity contribution < 1.29 is 66.6 Å². The van der Waals surface area contributed by atoms with Crippen molar-refractivity contribution in [2.24, 2.45) is 88.8 Å². The van der Waals surface area contributed by atoms with Crippen LogP contribution in [0.2, 0.25) is 0 Å². The number of amides is 5. The molecule has 5 saturated carbocycles. The van der Waals surface area contributed by atoms with E-state index in [1.54, 1.807) is 14.2 Å². The number of alkyl carbamates (subject to hydrolysis) is 5. The second-order valence-electron chi connectivity index (χ2n) is 31.9. The van der Waals surface area contributed by atoms with E-state index in [0.29, 0.717) is 135 Å². The molecule has 0 spiro atoms. The minimum atomic E-state index is -0.309. The monoisotopic (exact) mass is 1380 g/mol. The van der Waals surface area contributed by atoms with Crippen LogP contribution in [0.1, 0.15) is 266 Å². The van der Waals surface area contributed by atoms with Crippen LogP contribution in [0.15, 0.2) is 0 Å². The Hall–Kier alpha value is -3.81. The van der Waals surface area contributed by atoms with E-state index in [2.05, 4.69) is 137 Å². The second-order valence-corrected chi connectivity index (χ2v) is 31.9. The zero-order valence-corrected chi connectivity index (χ0v) is 65.3. The summed E-state index contributed by atoms with van der Waals surface area (Å²) >= 11 is 0. The summed E-state index contributed by atoms with van der Waals surface area (Å²) in [4.78, 5) is 59.1. The summed E-state index contributed by atoms with van der Waals surface area (Å²) in [6, 6.07) is 0.